The van der Waals surface area contributed by atoms with Gasteiger partial charge in [-0.2, -0.15) is 0 Å². The van der Waals surface area contributed by atoms with Gasteiger partial charge in [-0.15, -0.1) is 0 Å². The molecule has 0 bridgehead atoms. The van der Waals surface area contributed by atoms with Gasteiger partial charge in [-0.25, -0.2) is 0 Å². The Hall–Kier alpha value is -2.20. The van der Waals surface area contributed by atoms with Crippen molar-refractivity contribution in [1.82, 2.24) is 0 Å². The Morgan fingerprint density at radius 3 is 2.56 bits per heavy atom. The maximum atomic E-state index is 12.6. The van der Waals surface area contributed by atoms with Gasteiger partial charge in [0.2, 0.25) is 0 Å². The number of amides is 1. The molecule has 0 radical (unpaired) electrons. The summed E-state index contributed by atoms with van der Waals surface area (Å²) in [6.07, 6.45) is 3.26. The Morgan fingerprint density at radius 1 is 1.16 bits per heavy atom. The number of carbonyl (C=O) groups excluding carboxylic acids is 1. The standard InChI is InChI=1S/C20H23ClN2O2/c1-2-14-25-16-10-8-15(9-11-16)20(24)22-18-7-5-6-17(21)19(18)23-12-3-4-13-23/h5-11H,2-4,12-14H2,1H3,(H,22,24). The van der Waals surface area contributed by atoms with Crippen molar-refractivity contribution in [2.45, 2.75) is 26.2 Å². The Balaban J connectivity index is 1.75. The van der Waals surface area contributed by atoms with Crippen molar-refractivity contribution in [3.8, 4) is 5.75 Å². The van der Waals surface area contributed by atoms with Crippen LogP contribution < -0.4 is 15.0 Å². The van der Waals surface area contributed by atoms with E-state index in [9.17, 15) is 4.79 Å². The van der Waals surface area contributed by atoms with Crippen molar-refractivity contribution in [1.29, 1.82) is 0 Å². The summed E-state index contributed by atoms with van der Waals surface area (Å²) in [5.41, 5.74) is 2.26. The van der Waals surface area contributed by atoms with E-state index in [1.165, 1.54) is 0 Å². The van der Waals surface area contributed by atoms with Gasteiger partial charge in [0.15, 0.2) is 0 Å². The molecule has 2 aromatic rings. The van der Waals surface area contributed by atoms with Gasteiger partial charge in [-0.1, -0.05) is 24.6 Å². The zero-order chi connectivity index (χ0) is 17.6. The summed E-state index contributed by atoms with van der Waals surface area (Å²) < 4.78 is 5.55. The van der Waals surface area contributed by atoms with Crippen LogP contribution in [0.2, 0.25) is 5.02 Å². The fraction of sp³-hybridized carbons (Fsp3) is 0.350. The summed E-state index contributed by atoms with van der Waals surface area (Å²) in [6.45, 7) is 4.67. The largest absolute Gasteiger partial charge is 0.494 e. The number of rotatable bonds is 6. The number of ether oxygens (including phenoxy) is 1. The number of para-hydroxylation sites is 1. The summed E-state index contributed by atoms with van der Waals surface area (Å²) in [6, 6.07) is 12.8. The number of hydrogen-bond acceptors (Lipinski definition) is 3. The average molecular weight is 359 g/mol. The van der Waals surface area contributed by atoms with E-state index in [0.29, 0.717) is 17.2 Å². The van der Waals surface area contributed by atoms with E-state index < -0.39 is 0 Å². The van der Waals surface area contributed by atoms with Crippen LogP contribution in [0.5, 0.6) is 5.75 Å². The minimum absolute atomic E-state index is 0.148. The molecule has 1 N–H and O–H groups in total. The first-order valence-electron chi connectivity index (χ1n) is 8.76. The highest BCUT2D eigenvalue weighted by Gasteiger charge is 2.20. The maximum Gasteiger partial charge on any atom is 0.255 e. The number of nitrogens with one attached hydrogen (secondary N) is 1. The Morgan fingerprint density at radius 2 is 1.88 bits per heavy atom. The summed E-state index contributed by atoms with van der Waals surface area (Å²) >= 11 is 6.40. The summed E-state index contributed by atoms with van der Waals surface area (Å²) in [7, 11) is 0. The van der Waals surface area contributed by atoms with Gasteiger partial charge in [0.25, 0.3) is 5.91 Å². The third-order valence-corrected chi connectivity index (χ3v) is 4.55. The molecule has 1 aliphatic heterocycles. The minimum Gasteiger partial charge on any atom is -0.494 e. The van der Waals surface area contributed by atoms with Gasteiger partial charge in [0, 0.05) is 18.7 Å². The van der Waals surface area contributed by atoms with E-state index in [1.54, 1.807) is 12.1 Å². The molecule has 1 heterocycles. The van der Waals surface area contributed by atoms with Crippen molar-refractivity contribution in [2.75, 3.05) is 29.9 Å². The number of carbonyl (C=O) groups is 1. The van der Waals surface area contributed by atoms with Gasteiger partial charge in [0.05, 0.1) is 23.0 Å². The van der Waals surface area contributed by atoms with Crippen LogP contribution in [0, 0.1) is 0 Å². The molecule has 2 aromatic carbocycles. The molecule has 5 heteroatoms. The number of hydrogen-bond donors (Lipinski definition) is 1. The fourth-order valence-corrected chi connectivity index (χ4v) is 3.29. The smallest absolute Gasteiger partial charge is 0.255 e. The predicted octanol–water partition coefficient (Wildman–Crippen LogP) is 4.98. The lowest BCUT2D eigenvalue weighted by molar-refractivity contribution is 0.102. The monoisotopic (exact) mass is 358 g/mol. The first-order chi connectivity index (χ1) is 12.2. The molecule has 25 heavy (non-hydrogen) atoms. The van der Waals surface area contributed by atoms with E-state index in [0.717, 1.165) is 49.5 Å². The van der Waals surface area contributed by atoms with Crippen molar-refractivity contribution in [2.24, 2.45) is 0 Å². The molecular formula is C20H23ClN2O2. The number of benzene rings is 2. The zero-order valence-corrected chi connectivity index (χ0v) is 15.2. The summed E-state index contributed by atoms with van der Waals surface area (Å²) in [4.78, 5) is 14.8. The van der Waals surface area contributed by atoms with Crippen LogP contribution in [0.3, 0.4) is 0 Å². The molecule has 1 aliphatic rings. The second-order valence-electron chi connectivity index (χ2n) is 6.16. The molecule has 4 nitrogen and oxygen atoms in total. The quantitative estimate of drug-likeness (QED) is 0.791. The Labute approximate surface area is 153 Å². The highest BCUT2D eigenvalue weighted by atomic mass is 35.5. The Kier molecular flexibility index (Phi) is 5.82. The molecule has 1 saturated heterocycles. The topological polar surface area (TPSA) is 41.6 Å². The molecule has 0 aromatic heterocycles. The molecule has 132 valence electrons. The van der Waals surface area contributed by atoms with E-state index >= 15 is 0 Å². The number of anilines is 2. The number of nitrogens with zero attached hydrogens (tertiary/aromatic N) is 1. The van der Waals surface area contributed by atoms with Crippen LogP contribution in [0.4, 0.5) is 11.4 Å². The minimum atomic E-state index is -0.148. The molecule has 0 atom stereocenters. The normalized spacial score (nSPS) is 13.8. The van der Waals surface area contributed by atoms with Gasteiger partial charge in [0.1, 0.15) is 5.75 Å². The maximum absolute atomic E-state index is 12.6. The number of halogens is 1. The molecule has 1 fully saturated rings. The van der Waals surface area contributed by atoms with Crippen molar-refractivity contribution < 1.29 is 9.53 Å². The lowest BCUT2D eigenvalue weighted by Crippen LogP contribution is -2.21. The van der Waals surface area contributed by atoms with Crippen LogP contribution >= 0.6 is 11.6 Å². The zero-order valence-electron chi connectivity index (χ0n) is 14.4. The molecule has 0 unspecified atom stereocenters. The molecule has 0 saturated carbocycles. The highest BCUT2D eigenvalue weighted by molar-refractivity contribution is 6.34. The van der Waals surface area contributed by atoms with Gasteiger partial charge >= 0.3 is 0 Å². The van der Waals surface area contributed by atoms with Gasteiger partial charge in [-0.3, -0.25) is 4.79 Å². The lowest BCUT2D eigenvalue weighted by atomic mass is 10.2. The molecule has 1 amide bonds. The summed E-state index contributed by atoms with van der Waals surface area (Å²) in [5.74, 6) is 0.628. The van der Waals surface area contributed by atoms with E-state index in [2.05, 4.69) is 17.1 Å². The SMILES string of the molecule is CCCOc1ccc(C(=O)Nc2cccc(Cl)c2N2CCCC2)cc1. The lowest BCUT2D eigenvalue weighted by Gasteiger charge is -2.23. The van der Waals surface area contributed by atoms with E-state index in [-0.39, 0.29) is 5.91 Å². The van der Waals surface area contributed by atoms with E-state index in [1.807, 2.05) is 30.3 Å². The first-order valence-corrected chi connectivity index (χ1v) is 9.14. The molecule has 0 aliphatic carbocycles. The summed E-state index contributed by atoms with van der Waals surface area (Å²) in [5, 5.41) is 3.67. The van der Waals surface area contributed by atoms with Crippen molar-refractivity contribution in [3.05, 3.63) is 53.1 Å². The first kappa shape index (κ1) is 17.6. The van der Waals surface area contributed by atoms with Crippen molar-refractivity contribution >= 4 is 28.9 Å². The second kappa shape index (κ2) is 8.26. The fourth-order valence-electron chi connectivity index (χ4n) is 3.00. The third-order valence-electron chi connectivity index (χ3n) is 4.25. The van der Waals surface area contributed by atoms with Gasteiger partial charge < -0.3 is 15.0 Å². The molecule has 0 spiro atoms. The van der Waals surface area contributed by atoms with Gasteiger partial charge in [-0.05, 0) is 55.7 Å². The van der Waals surface area contributed by atoms with Crippen LogP contribution in [-0.2, 0) is 0 Å². The van der Waals surface area contributed by atoms with Crippen molar-refractivity contribution in [3.63, 3.8) is 0 Å². The molecule has 3 rings (SSSR count). The highest BCUT2D eigenvalue weighted by Crippen LogP contribution is 2.36. The van der Waals surface area contributed by atoms with Crippen LogP contribution in [-0.4, -0.2) is 25.6 Å². The molecular weight excluding hydrogens is 336 g/mol. The Bertz CT molecular complexity index is 725. The predicted molar refractivity (Wildman–Crippen MR) is 103 cm³/mol. The van der Waals surface area contributed by atoms with Crippen LogP contribution in [0.15, 0.2) is 42.5 Å². The van der Waals surface area contributed by atoms with Crippen LogP contribution in [0.1, 0.15) is 36.5 Å². The van der Waals surface area contributed by atoms with Crippen LogP contribution in [0.25, 0.3) is 0 Å². The second-order valence-corrected chi connectivity index (χ2v) is 6.56. The van der Waals surface area contributed by atoms with E-state index in [4.69, 9.17) is 16.3 Å². The average Bonchev–Trinajstić information content (AvgIpc) is 3.14. The third kappa shape index (κ3) is 4.26.